The molecule has 2 rings (SSSR count). The van der Waals surface area contributed by atoms with E-state index in [-0.39, 0.29) is 18.1 Å². The lowest BCUT2D eigenvalue weighted by atomic mass is 10.1. The SMILES string of the molecule is CC(C)Oc1ccc(CNC(=O)CNC(C)c2ccccc2)cc1. The van der Waals surface area contributed by atoms with E-state index in [1.54, 1.807) is 0 Å². The maximum absolute atomic E-state index is 12.0. The van der Waals surface area contributed by atoms with Gasteiger partial charge in [0.1, 0.15) is 5.75 Å². The molecule has 0 aliphatic heterocycles. The Hall–Kier alpha value is -2.33. The van der Waals surface area contributed by atoms with E-state index in [4.69, 9.17) is 4.74 Å². The lowest BCUT2D eigenvalue weighted by Gasteiger charge is -2.14. The van der Waals surface area contributed by atoms with Crippen LogP contribution in [0.1, 0.15) is 37.9 Å². The summed E-state index contributed by atoms with van der Waals surface area (Å²) in [7, 11) is 0. The van der Waals surface area contributed by atoms with Gasteiger partial charge >= 0.3 is 0 Å². The van der Waals surface area contributed by atoms with E-state index in [1.807, 2.05) is 56.3 Å². The first-order valence-electron chi connectivity index (χ1n) is 8.35. The minimum absolute atomic E-state index is 0.0136. The molecule has 0 aromatic heterocycles. The fourth-order valence-electron chi connectivity index (χ4n) is 2.33. The molecule has 0 saturated heterocycles. The van der Waals surface area contributed by atoms with Crippen LogP contribution in [-0.2, 0) is 11.3 Å². The molecule has 0 saturated carbocycles. The number of ether oxygens (including phenoxy) is 1. The molecule has 0 aliphatic rings. The molecule has 2 aromatic rings. The Labute approximate surface area is 144 Å². The van der Waals surface area contributed by atoms with Crippen molar-refractivity contribution in [3.8, 4) is 5.75 Å². The van der Waals surface area contributed by atoms with Crippen molar-refractivity contribution in [2.24, 2.45) is 0 Å². The van der Waals surface area contributed by atoms with Gasteiger partial charge in [-0.15, -0.1) is 0 Å². The summed E-state index contributed by atoms with van der Waals surface area (Å²) in [6.07, 6.45) is 0.160. The smallest absolute Gasteiger partial charge is 0.234 e. The van der Waals surface area contributed by atoms with Gasteiger partial charge in [0.05, 0.1) is 12.6 Å². The maximum atomic E-state index is 12.0. The van der Waals surface area contributed by atoms with E-state index < -0.39 is 0 Å². The number of rotatable bonds is 8. The summed E-state index contributed by atoms with van der Waals surface area (Å²) >= 11 is 0. The summed E-state index contributed by atoms with van der Waals surface area (Å²) in [5.74, 6) is 0.832. The molecular weight excluding hydrogens is 300 g/mol. The average Bonchev–Trinajstić information content (AvgIpc) is 2.59. The van der Waals surface area contributed by atoms with Crippen LogP contribution < -0.4 is 15.4 Å². The van der Waals surface area contributed by atoms with Gasteiger partial charge in [0.2, 0.25) is 5.91 Å². The number of benzene rings is 2. The zero-order valence-electron chi connectivity index (χ0n) is 14.6. The van der Waals surface area contributed by atoms with E-state index in [1.165, 1.54) is 5.56 Å². The Morgan fingerprint density at radius 1 is 1.00 bits per heavy atom. The molecule has 2 aromatic carbocycles. The second kappa shape index (κ2) is 9.08. The highest BCUT2D eigenvalue weighted by atomic mass is 16.5. The molecule has 2 N–H and O–H groups in total. The number of amides is 1. The molecule has 0 bridgehead atoms. The molecular formula is C20H26N2O2. The van der Waals surface area contributed by atoms with Crippen LogP contribution in [0.5, 0.6) is 5.75 Å². The van der Waals surface area contributed by atoms with Gasteiger partial charge in [-0.25, -0.2) is 0 Å². The first-order chi connectivity index (χ1) is 11.5. The average molecular weight is 326 g/mol. The molecule has 0 spiro atoms. The third-order valence-corrected chi connectivity index (χ3v) is 3.65. The number of nitrogens with one attached hydrogen (secondary N) is 2. The predicted molar refractivity (Wildman–Crippen MR) is 96.9 cm³/mol. The second-order valence-electron chi connectivity index (χ2n) is 6.10. The summed E-state index contributed by atoms with van der Waals surface area (Å²) in [6.45, 7) is 6.86. The fraction of sp³-hybridized carbons (Fsp3) is 0.350. The van der Waals surface area contributed by atoms with Crippen molar-refractivity contribution in [3.05, 3.63) is 65.7 Å². The van der Waals surface area contributed by atoms with Crippen molar-refractivity contribution in [3.63, 3.8) is 0 Å². The van der Waals surface area contributed by atoms with E-state index >= 15 is 0 Å². The van der Waals surface area contributed by atoms with Crippen molar-refractivity contribution in [1.29, 1.82) is 0 Å². The van der Waals surface area contributed by atoms with Crippen LogP contribution in [0, 0.1) is 0 Å². The van der Waals surface area contributed by atoms with Gasteiger partial charge in [0, 0.05) is 12.6 Å². The Balaban J connectivity index is 1.73. The third-order valence-electron chi connectivity index (χ3n) is 3.65. The van der Waals surface area contributed by atoms with Gasteiger partial charge in [-0.3, -0.25) is 4.79 Å². The van der Waals surface area contributed by atoms with Crippen LogP contribution >= 0.6 is 0 Å². The molecule has 1 atom stereocenters. The minimum Gasteiger partial charge on any atom is -0.491 e. The van der Waals surface area contributed by atoms with Crippen molar-refractivity contribution < 1.29 is 9.53 Å². The monoisotopic (exact) mass is 326 g/mol. The predicted octanol–water partition coefficient (Wildman–Crippen LogP) is 3.44. The highest BCUT2D eigenvalue weighted by Gasteiger charge is 2.07. The van der Waals surface area contributed by atoms with Crippen molar-refractivity contribution >= 4 is 5.91 Å². The highest BCUT2D eigenvalue weighted by Crippen LogP contribution is 2.14. The topological polar surface area (TPSA) is 50.4 Å². The largest absolute Gasteiger partial charge is 0.491 e. The number of carbonyl (C=O) groups is 1. The molecule has 1 amide bonds. The number of hydrogen-bond acceptors (Lipinski definition) is 3. The third kappa shape index (κ3) is 6.05. The van der Waals surface area contributed by atoms with Crippen LogP contribution in [0.25, 0.3) is 0 Å². The lowest BCUT2D eigenvalue weighted by molar-refractivity contribution is -0.120. The first-order valence-corrected chi connectivity index (χ1v) is 8.35. The molecule has 0 aliphatic carbocycles. The van der Waals surface area contributed by atoms with Gasteiger partial charge in [-0.05, 0) is 44.0 Å². The second-order valence-corrected chi connectivity index (χ2v) is 6.10. The maximum Gasteiger partial charge on any atom is 0.234 e. The molecule has 0 heterocycles. The zero-order valence-corrected chi connectivity index (χ0v) is 14.6. The van der Waals surface area contributed by atoms with Crippen LogP contribution in [-0.4, -0.2) is 18.6 Å². The van der Waals surface area contributed by atoms with Gasteiger partial charge in [0.15, 0.2) is 0 Å². The van der Waals surface area contributed by atoms with E-state index in [0.29, 0.717) is 13.1 Å². The van der Waals surface area contributed by atoms with Crippen LogP contribution in [0.15, 0.2) is 54.6 Å². The normalized spacial score (nSPS) is 12.0. The fourth-order valence-corrected chi connectivity index (χ4v) is 2.33. The van der Waals surface area contributed by atoms with Gasteiger partial charge < -0.3 is 15.4 Å². The van der Waals surface area contributed by atoms with Crippen LogP contribution in [0.3, 0.4) is 0 Å². The lowest BCUT2D eigenvalue weighted by Crippen LogP contribution is -2.34. The highest BCUT2D eigenvalue weighted by molar-refractivity contribution is 5.78. The van der Waals surface area contributed by atoms with Crippen molar-refractivity contribution in [2.45, 2.75) is 39.5 Å². The molecule has 0 radical (unpaired) electrons. The first kappa shape index (κ1) is 18.0. The Morgan fingerprint density at radius 3 is 2.29 bits per heavy atom. The Kier molecular flexibility index (Phi) is 6.82. The van der Waals surface area contributed by atoms with Crippen LogP contribution in [0.4, 0.5) is 0 Å². The van der Waals surface area contributed by atoms with E-state index in [9.17, 15) is 4.79 Å². The molecule has 0 fully saturated rings. The minimum atomic E-state index is -0.0136. The molecule has 24 heavy (non-hydrogen) atoms. The number of carbonyl (C=O) groups excluding carboxylic acids is 1. The molecule has 128 valence electrons. The van der Waals surface area contributed by atoms with Crippen molar-refractivity contribution in [2.75, 3.05) is 6.54 Å². The van der Waals surface area contributed by atoms with Gasteiger partial charge in [0.25, 0.3) is 0 Å². The van der Waals surface area contributed by atoms with E-state index in [0.717, 1.165) is 11.3 Å². The summed E-state index contributed by atoms with van der Waals surface area (Å²) in [5, 5.41) is 6.16. The van der Waals surface area contributed by atoms with Gasteiger partial charge in [-0.1, -0.05) is 42.5 Å². The Morgan fingerprint density at radius 2 is 1.67 bits per heavy atom. The summed E-state index contributed by atoms with van der Waals surface area (Å²) < 4.78 is 5.60. The zero-order chi connectivity index (χ0) is 17.4. The molecule has 1 unspecified atom stereocenters. The van der Waals surface area contributed by atoms with Crippen LogP contribution in [0.2, 0.25) is 0 Å². The number of hydrogen-bond donors (Lipinski definition) is 2. The van der Waals surface area contributed by atoms with Crippen molar-refractivity contribution in [1.82, 2.24) is 10.6 Å². The quantitative estimate of drug-likeness (QED) is 0.781. The molecule has 4 nitrogen and oxygen atoms in total. The summed E-state index contributed by atoms with van der Waals surface area (Å²) in [5.41, 5.74) is 2.22. The molecule has 4 heteroatoms. The standard InChI is InChI=1S/C20H26N2O2/c1-15(2)24-19-11-9-17(10-12-19)13-22-20(23)14-21-16(3)18-7-5-4-6-8-18/h4-12,15-16,21H,13-14H2,1-3H3,(H,22,23). The van der Waals surface area contributed by atoms with E-state index in [2.05, 4.69) is 29.7 Å². The Bertz CT molecular complexity index is 624. The summed E-state index contributed by atoms with van der Waals surface area (Å²) in [4.78, 5) is 12.0. The van der Waals surface area contributed by atoms with Gasteiger partial charge in [-0.2, -0.15) is 0 Å². The summed E-state index contributed by atoms with van der Waals surface area (Å²) in [6, 6.07) is 18.0.